The fraction of sp³-hybridized carbons (Fsp3) is 0.667. The van der Waals surface area contributed by atoms with Crippen LogP contribution in [0.2, 0.25) is 0 Å². The molecule has 4 nitrogen and oxygen atoms in total. The molecule has 0 aromatic carbocycles. The normalized spacial score (nSPS) is 9.92. The third-order valence-electron chi connectivity index (χ3n) is 1.22. The second-order valence-electron chi connectivity index (χ2n) is 3.57. The van der Waals surface area contributed by atoms with E-state index in [1.807, 2.05) is 0 Å². The number of carboxylic acid groups (broad SMARTS) is 1. The largest absolute Gasteiger partial charge is 0.478 e. The van der Waals surface area contributed by atoms with Crippen molar-refractivity contribution >= 4 is 5.97 Å². The minimum atomic E-state index is -0.935. The highest BCUT2D eigenvalue weighted by atomic mass is 16.4. The van der Waals surface area contributed by atoms with Gasteiger partial charge in [0.1, 0.15) is 0 Å². The van der Waals surface area contributed by atoms with E-state index in [2.05, 4.69) is 6.58 Å². The molecular weight excluding hydrogens is 172 g/mol. The fourth-order valence-electron chi connectivity index (χ4n) is 0.0500. The molecule has 78 valence electrons. The van der Waals surface area contributed by atoms with E-state index in [0.29, 0.717) is 0 Å². The molecule has 3 N–H and O–H groups in total. The molecule has 0 aromatic rings. The van der Waals surface area contributed by atoms with Gasteiger partial charge in [-0.25, -0.2) is 4.79 Å². The lowest BCUT2D eigenvalue weighted by atomic mass is 9.97. The van der Waals surface area contributed by atoms with Crippen LogP contribution in [0.15, 0.2) is 12.2 Å². The van der Waals surface area contributed by atoms with Crippen LogP contribution in [0, 0.1) is 5.41 Å². The van der Waals surface area contributed by atoms with Crippen LogP contribution in [-0.2, 0) is 4.79 Å². The Kier molecular flexibility index (Phi) is 7.46. The van der Waals surface area contributed by atoms with E-state index in [1.54, 1.807) is 13.8 Å². The van der Waals surface area contributed by atoms with Crippen LogP contribution >= 0.6 is 0 Å². The molecule has 4 heteroatoms. The Balaban J connectivity index is 0. The summed E-state index contributed by atoms with van der Waals surface area (Å²) in [5.74, 6) is -0.935. The minimum absolute atomic E-state index is 0.0451. The SMILES string of the molecule is C=C(C)C(=O)O.CC(C)(CO)CO. The van der Waals surface area contributed by atoms with Gasteiger partial charge in [0.25, 0.3) is 0 Å². The van der Waals surface area contributed by atoms with Gasteiger partial charge in [0.15, 0.2) is 0 Å². The van der Waals surface area contributed by atoms with Crippen molar-refractivity contribution in [1.82, 2.24) is 0 Å². The summed E-state index contributed by atoms with van der Waals surface area (Å²) in [5, 5.41) is 24.8. The molecule has 0 saturated carbocycles. The Bertz CT molecular complexity index is 154. The van der Waals surface area contributed by atoms with Crippen molar-refractivity contribution in [3.05, 3.63) is 12.2 Å². The van der Waals surface area contributed by atoms with Gasteiger partial charge in [-0.15, -0.1) is 0 Å². The number of aliphatic hydroxyl groups is 2. The summed E-state index contributed by atoms with van der Waals surface area (Å²) in [6.45, 7) is 8.29. The molecule has 0 aliphatic carbocycles. The number of aliphatic hydroxyl groups excluding tert-OH is 2. The molecule has 0 amide bonds. The fourth-order valence-corrected chi connectivity index (χ4v) is 0.0500. The first kappa shape index (κ1) is 14.6. The van der Waals surface area contributed by atoms with E-state index in [-0.39, 0.29) is 24.2 Å². The Morgan fingerprint density at radius 1 is 1.31 bits per heavy atom. The van der Waals surface area contributed by atoms with Crippen LogP contribution in [0.25, 0.3) is 0 Å². The molecule has 13 heavy (non-hydrogen) atoms. The Morgan fingerprint density at radius 3 is 1.54 bits per heavy atom. The average Bonchev–Trinajstić information content (AvgIpc) is 2.05. The van der Waals surface area contributed by atoms with Crippen LogP contribution < -0.4 is 0 Å². The summed E-state index contributed by atoms with van der Waals surface area (Å²) in [4.78, 5) is 9.60. The zero-order chi connectivity index (χ0) is 11.1. The lowest BCUT2D eigenvalue weighted by molar-refractivity contribution is -0.132. The first-order chi connectivity index (χ1) is 5.76. The third kappa shape index (κ3) is 11.1. The van der Waals surface area contributed by atoms with E-state index >= 15 is 0 Å². The van der Waals surface area contributed by atoms with Gasteiger partial charge in [-0.1, -0.05) is 20.4 Å². The highest BCUT2D eigenvalue weighted by Crippen LogP contribution is 2.10. The van der Waals surface area contributed by atoms with Gasteiger partial charge >= 0.3 is 5.97 Å². The Morgan fingerprint density at radius 2 is 1.54 bits per heavy atom. The van der Waals surface area contributed by atoms with Gasteiger partial charge in [0.05, 0.1) is 13.2 Å². The predicted molar refractivity (Wildman–Crippen MR) is 50.4 cm³/mol. The highest BCUT2D eigenvalue weighted by Gasteiger charge is 2.13. The molecule has 0 unspecified atom stereocenters. The molecule has 0 radical (unpaired) electrons. The van der Waals surface area contributed by atoms with E-state index in [4.69, 9.17) is 15.3 Å². The van der Waals surface area contributed by atoms with Crippen molar-refractivity contribution in [3.8, 4) is 0 Å². The van der Waals surface area contributed by atoms with Crippen molar-refractivity contribution in [1.29, 1.82) is 0 Å². The first-order valence-corrected chi connectivity index (χ1v) is 3.87. The van der Waals surface area contributed by atoms with Gasteiger partial charge in [0, 0.05) is 11.0 Å². The second-order valence-corrected chi connectivity index (χ2v) is 3.57. The second kappa shape index (κ2) is 6.62. The molecule has 0 fully saturated rings. The number of hydrogen-bond acceptors (Lipinski definition) is 3. The zero-order valence-electron chi connectivity index (χ0n) is 8.37. The van der Waals surface area contributed by atoms with Crippen molar-refractivity contribution in [3.63, 3.8) is 0 Å². The molecule has 0 spiro atoms. The number of carboxylic acids is 1. The van der Waals surface area contributed by atoms with Crippen LogP contribution in [0.4, 0.5) is 0 Å². The van der Waals surface area contributed by atoms with Crippen LogP contribution in [0.1, 0.15) is 20.8 Å². The lowest BCUT2D eigenvalue weighted by Gasteiger charge is -2.16. The van der Waals surface area contributed by atoms with Crippen LogP contribution in [0.3, 0.4) is 0 Å². The van der Waals surface area contributed by atoms with Crippen LogP contribution in [0.5, 0.6) is 0 Å². The third-order valence-corrected chi connectivity index (χ3v) is 1.22. The maximum absolute atomic E-state index is 9.60. The maximum atomic E-state index is 9.60. The van der Waals surface area contributed by atoms with Crippen LogP contribution in [-0.4, -0.2) is 34.5 Å². The summed E-state index contributed by atoms with van der Waals surface area (Å²) in [7, 11) is 0. The van der Waals surface area contributed by atoms with E-state index < -0.39 is 5.97 Å². The molecule has 0 saturated heterocycles. The van der Waals surface area contributed by atoms with Crippen molar-refractivity contribution in [2.24, 2.45) is 5.41 Å². The van der Waals surface area contributed by atoms with Gasteiger partial charge in [0.2, 0.25) is 0 Å². The minimum Gasteiger partial charge on any atom is -0.478 e. The summed E-state index contributed by atoms with van der Waals surface area (Å²) < 4.78 is 0. The van der Waals surface area contributed by atoms with E-state index in [1.165, 1.54) is 6.92 Å². The summed E-state index contributed by atoms with van der Waals surface area (Å²) in [6, 6.07) is 0. The first-order valence-electron chi connectivity index (χ1n) is 3.87. The van der Waals surface area contributed by atoms with Gasteiger partial charge in [-0.05, 0) is 6.92 Å². The number of rotatable bonds is 3. The monoisotopic (exact) mass is 190 g/mol. The molecule has 0 atom stereocenters. The van der Waals surface area contributed by atoms with Gasteiger partial charge in [-0.2, -0.15) is 0 Å². The maximum Gasteiger partial charge on any atom is 0.330 e. The van der Waals surface area contributed by atoms with E-state index in [9.17, 15) is 4.79 Å². The Labute approximate surface area is 78.5 Å². The zero-order valence-corrected chi connectivity index (χ0v) is 8.37. The van der Waals surface area contributed by atoms with Gasteiger partial charge in [-0.3, -0.25) is 0 Å². The molecule has 0 aliphatic rings. The topological polar surface area (TPSA) is 77.8 Å². The molecule has 0 heterocycles. The molecule has 0 aliphatic heterocycles. The van der Waals surface area contributed by atoms with Crippen molar-refractivity contribution in [2.75, 3.05) is 13.2 Å². The molecule has 0 rings (SSSR count). The van der Waals surface area contributed by atoms with Gasteiger partial charge < -0.3 is 15.3 Å². The quantitative estimate of drug-likeness (QED) is 0.571. The standard InChI is InChI=1S/C5H12O2.C4H6O2/c1-5(2,3-6)4-7;1-3(2)4(5)6/h6-7H,3-4H2,1-2H3;1H2,2H3,(H,5,6). The lowest BCUT2D eigenvalue weighted by Crippen LogP contribution is -2.20. The summed E-state index contributed by atoms with van der Waals surface area (Å²) in [6.07, 6.45) is 0. The number of hydrogen-bond donors (Lipinski definition) is 3. The summed E-state index contributed by atoms with van der Waals surface area (Å²) in [5.41, 5.74) is -0.130. The summed E-state index contributed by atoms with van der Waals surface area (Å²) >= 11 is 0. The molecule has 0 bridgehead atoms. The molecular formula is C9H18O4. The molecule has 0 aromatic heterocycles. The predicted octanol–water partition coefficient (Wildman–Crippen LogP) is 0.644. The number of aliphatic carboxylic acids is 1. The number of carbonyl (C=O) groups is 1. The smallest absolute Gasteiger partial charge is 0.330 e. The van der Waals surface area contributed by atoms with Crippen molar-refractivity contribution in [2.45, 2.75) is 20.8 Å². The van der Waals surface area contributed by atoms with E-state index in [0.717, 1.165) is 0 Å². The average molecular weight is 190 g/mol. The Hall–Kier alpha value is -0.870. The highest BCUT2D eigenvalue weighted by molar-refractivity contribution is 5.84. The van der Waals surface area contributed by atoms with Crippen molar-refractivity contribution < 1.29 is 20.1 Å².